The normalized spacial score (nSPS) is 19.0. The van der Waals surface area contributed by atoms with Crippen molar-refractivity contribution < 1.29 is 8.42 Å². The van der Waals surface area contributed by atoms with Gasteiger partial charge in [-0.15, -0.1) is 0 Å². The minimum Gasteiger partial charge on any atom is -0.305 e. The molecule has 0 radical (unpaired) electrons. The van der Waals surface area contributed by atoms with E-state index in [1.807, 2.05) is 0 Å². The van der Waals surface area contributed by atoms with Gasteiger partial charge in [0.05, 0.1) is 5.75 Å². The van der Waals surface area contributed by atoms with Crippen LogP contribution in [-0.4, -0.2) is 25.0 Å². The maximum atomic E-state index is 11.3. The standard InChI is InChI=1S/C9H13NO3S2/c1-15(12,13)7-9(2-3-9)6-10-4-5-14-8(10)11/h4-5H,2-3,6-7H2,1H3. The summed E-state index contributed by atoms with van der Waals surface area (Å²) in [6, 6.07) is 0. The highest BCUT2D eigenvalue weighted by atomic mass is 32.2. The van der Waals surface area contributed by atoms with Crippen LogP contribution in [0, 0.1) is 5.41 Å². The quantitative estimate of drug-likeness (QED) is 0.788. The van der Waals surface area contributed by atoms with Crippen molar-refractivity contribution >= 4 is 21.2 Å². The van der Waals surface area contributed by atoms with Crippen molar-refractivity contribution in [2.75, 3.05) is 12.0 Å². The van der Waals surface area contributed by atoms with Crippen molar-refractivity contribution in [2.45, 2.75) is 19.4 Å². The zero-order valence-electron chi connectivity index (χ0n) is 8.47. The van der Waals surface area contributed by atoms with Crippen LogP contribution in [-0.2, 0) is 16.4 Å². The van der Waals surface area contributed by atoms with Crippen LogP contribution < -0.4 is 4.87 Å². The summed E-state index contributed by atoms with van der Waals surface area (Å²) < 4.78 is 24.0. The Balaban J connectivity index is 2.13. The summed E-state index contributed by atoms with van der Waals surface area (Å²) in [5, 5.41) is 1.73. The van der Waals surface area contributed by atoms with Gasteiger partial charge in [-0.2, -0.15) is 0 Å². The fourth-order valence-corrected chi connectivity index (χ4v) is 3.93. The number of hydrogen-bond acceptors (Lipinski definition) is 4. The number of thiazole rings is 1. The Bertz CT molecular complexity index is 507. The molecule has 84 valence electrons. The van der Waals surface area contributed by atoms with E-state index in [0.717, 1.165) is 24.2 Å². The van der Waals surface area contributed by atoms with Crippen LogP contribution in [0.25, 0.3) is 0 Å². The van der Waals surface area contributed by atoms with Crippen LogP contribution in [0.4, 0.5) is 0 Å². The van der Waals surface area contributed by atoms with E-state index in [4.69, 9.17) is 0 Å². The molecule has 6 heteroatoms. The molecule has 0 unspecified atom stereocenters. The topological polar surface area (TPSA) is 56.1 Å². The van der Waals surface area contributed by atoms with Crippen LogP contribution in [0.1, 0.15) is 12.8 Å². The summed E-state index contributed by atoms with van der Waals surface area (Å²) in [5.74, 6) is 0.197. The average Bonchev–Trinajstić information content (AvgIpc) is 2.68. The van der Waals surface area contributed by atoms with Gasteiger partial charge in [0.15, 0.2) is 0 Å². The molecule has 0 amide bonds. The van der Waals surface area contributed by atoms with E-state index in [9.17, 15) is 13.2 Å². The lowest BCUT2D eigenvalue weighted by molar-refractivity contribution is 0.456. The molecular weight excluding hydrogens is 234 g/mol. The van der Waals surface area contributed by atoms with E-state index < -0.39 is 9.84 Å². The predicted molar refractivity (Wildman–Crippen MR) is 60.0 cm³/mol. The summed E-state index contributed by atoms with van der Waals surface area (Å²) >= 11 is 1.15. The number of rotatable bonds is 4. The molecular formula is C9H13NO3S2. The zero-order valence-corrected chi connectivity index (χ0v) is 10.1. The third kappa shape index (κ3) is 2.69. The molecule has 1 aliphatic carbocycles. The third-order valence-corrected chi connectivity index (χ3v) is 4.51. The first kappa shape index (κ1) is 10.9. The van der Waals surface area contributed by atoms with E-state index in [0.29, 0.717) is 6.54 Å². The maximum Gasteiger partial charge on any atom is 0.307 e. The van der Waals surface area contributed by atoms with Crippen molar-refractivity contribution in [3.05, 3.63) is 21.2 Å². The lowest BCUT2D eigenvalue weighted by Crippen LogP contribution is -2.25. The van der Waals surface area contributed by atoms with Gasteiger partial charge >= 0.3 is 4.87 Å². The highest BCUT2D eigenvalue weighted by molar-refractivity contribution is 7.90. The molecule has 15 heavy (non-hydrogen) atoms. The average molecular weight is 247 g/mol. The number of aromatic nitrogens is 1. The lowest BCUT2D eigenvalue weighted by atomic mass is 10.1. The van der Waals surface area contributed by atoms with Gasteiger partial charge in [-0.25, -0.2) is 8.42 Å². The SMILES string of the molecule is CS(=O)(=O)CC1(Cn2ccsc2=O)CC1. The van der Waals surface area contributed by atoms with Crippen molar-refractivity contribution in [3.63, 3.8) is 0 Å². The predicted octanol–water partition coefficient (Wildman–Crippen LogP) is 0.735. The van der Waals surface area contributed by atoms with E-state index >= 15 is 0 Å². The van der Waals surface area contributed by atoms with E-state index in [2.05, 4.69) is 0 Å². The Morgan fingerprint density at radius 3 is 2.60 bits per heavy atom. The zero-order chi connectivity index (χ0) is 11.1. The molecule has 0 aliphatic heterocycles. The molecule has 2 rings (SSSR count). The molecule has 1 saturated carbocycles. The second-order valence-corrected chi connectivity index (χ2v) is 7.36. The maximum absolute atomic E-state index is 11.3. The molecule has 0 N–H and O–H groups in total. The first-order chi connectivity index (χ1) is 6.90. The van der Waals surface area contributed by atoms with Crippen molar-refractivity contribution in [1.82, 2.24) is 4.57 Å². The van der Waals surface area contributed by atoms with E-state index in [1.165, 1.54) is 6.26 Å². The fourth-order valence-electron chi connectivity index (χ4n) is 1.85. The summed E-state index contributed by atoms with van der Waals surface area (Å²) in [4.78, 5) is 11.3. The lowest BCUT2D eigenvalue weighted by Gasteiger charge is -2.13. The van der Waals surface area contributed by atoms with Crippen LogP contribution in [0.5, 0.6) is 0 Å². The molecule has 1 aromatic heterocycles. The van der Waals surface area contributed by atoms with Gasteiger partial charge in [0.2, 0.25) is 0 Å². The van der Waals surface area contributed by atoms with Gasteiger partial charge in [-0.3, -0.25) is 4.79 Å². The molecule has 1 aliphatic rings. The highest BCUT2D eigenvalue weighted by Crippen LogP contribution is 2.47. The number of nitrogens with zero attached hydrogens (tertiary/aromatic N) is 1. The van der Waals surface area contributed by atoms with E-state index in [-0.39, 0.29) is 16.0 Å². The Kier molecular flexibility index (Phi) is 2.50. The smallest absolute Gasteiger partial charge is 0.305 e. The first-order valence-corrected chi connectivity index (χ1v) is 7.66. The molecule has 0 bridgehead atoms. The molecule has 1 fully saturated rings. The Hall–Kier alpha value is -0.620. The van der Waals surface area contributed by atoms with Crippen molar-refractivity contribution in [3.8, 4) is 0 Å². The van der Waals surface area contributed by atoms with Crippen molar-refractivity contribution in [2.24, 2.45) is 5.41 Å². The van der Waals surface area contributed by atoms with Crippen LogP contribution in [0.15, 0.2) is 16.4 Å². The second-order valence-electron chi connectivity index (χ2n) is 4.37. The Morgan fingerprint density at radius 2 is 2.20 bits per heavy atom. The molecule has 0 saturated heterocycles. The summed E-state index contributed by atoms with van der Waals surface area (Å²) in [5.41, 5.74) is -0.168. The first-order valence-electron chi connectivity index (χ1n) is 4.72. The van der Waals surface area contributed by atoms with Crippen molar-refractivity contribution in [1.29, 1.82) is 0 Å². The molecule has 1 heterocycles. The molecule has 4 nitrogen and oxygen atoms in total. The van der Waals surface area contributed by atoms with Gasteiger partial charge in [-0.1, -0.05) is 11.3 Å². The van der Waals surface area contributed by atoms with Crippen LogP contribution >= 0.6 is 11.3 Å². The molecule has 0 aromatic carbocycles. The number of hydrogen-bond donors (Lipinski definition) is 0. The van der Waals surface area contributed by atoms with Gasteiger partial charge in [-0.05, 0) is 12.8 Å². The van der Waals surface area contributed by atoms with Gasteiger partial charge in [0.1, 0.15) is 9.84 Å². The van der Waals surface area contributed by atoms with Gasteiger partial charge in [0.25, 0.3) is 0 Å². The van der Waals surface area contributed by atoms with Crippen LogP contribution in [0.2, 0.25) is 0 Å². The van der Waals surface area contributed by atoms with E-state index in [1.54, 1.807) is 16.1 Å². The number of sulfone groups is 1. The fraction of sp³-hybridized carbons (Fsp3) is 0.667. The van der Waals surface area contributed by atoms with Crippen LogP contribution in [0.3, 0.4) is 0 Å². The minimum atomic E-state index is -2.95. The molecule has 0 spiro atoms. The molecule has 0 atom stereocenters. The monoisotopic (exact) mass is 247 g/mol. The second kappa shape index (κ2) is 3.45. The largest absolute Gasteiger partial charge is 0.307 e. The van der Waals surface area contributed by atoms with Gasteiger partial charge < -0.3 is 4.57 Å². The minimum absolute atomic E-state index is 0.00484. The summed E-state index contributed by atoms with van der Waals surface area (Å²) in [7, 11) is -2.95. The Labute approximate surface area is 92.5 Å². The third-order valence-electron chi connectivity index (χ3n) is 2.68. The Morgan fingerprint density at radius 1 is 1.53 bits per heavy atom. The molecule has 1 aromatic rings. The van der Waals surface area contributed by atoms with Gasteiger partial charge in [0, 0.05) is 29.8 Å². The summed E-state index contributed by atoms with van der Waals surface area (Å²) in [6.07, 6.45) is 4.80. The summed E-state index contributed by atoms with van der Waals surface area (Å²) in [6.45, 7) is 0.544. The highest BCUT2D eigenvalue weighted by Gasteiger charge is 2.45.